The zero-order chi connectivity index (χ0) is 32.3. The summed E-state index contributed by atoms with van der Waals surface area (Å²) in [7, 11) is 0. The lowest BCUT2D eigenvalue weighted by Crippen LogP contribution is -2.36. The van der Waals surface area contributed by atoms with Gasteiger partial charge in [0.05, 0.1) is 0 Å². The maximum Gasteiger partial charge on any atom is 0.171 e. The predicted octanol–water partition coefficient (Wildman–Crippen LogP) is 11.7. The minimum atomic E-state index is -0.401. The normalized spacial score (nSPS) is 14.7. The third-order valence-electron chi connectivity index (χ3n) is 9.71. The van der Waals surface area contributed by atoms with Crippen molar-refractivity contribution >= 4 is 75.5 Å². The molecule has 0 amide bonds. The van der Waals surface area contributed by atoms with Crippen molar-refractivity contribution in [1.29, 1.82) is 0 Å². The number of nitrogens with one attached hydrogen (secondary N) is 1. The number of thiophene rings is 1. The van der Waals surface area contributed by atoms with Crippen molar-refractivity contribution in [1.82, 2.24) is 5.32 Å². The van der Waals surface area contributed by atoms with Gasteiger partial charge in [0, 0.05) is 36.9 Å². The number of hydrogen-bond donors (Lipinski definition) is 1. The third kappa shape index (κ3) is 4.72. The van der Waals surface area contributed by atoms with Crippen molar-refractivity contribution in [2.24, 2.45) is 9.98 Å². The highest BCUT2D eigenvalue weighted by Gasteiger charge is 2.24. The van der Waals surface area contributed by atoms with E-state index < -0.39 is 6.17 Å². The van der Waals surface area contributed by atoms with E-state index in [0.717, 1.165) is 33.9 Å². The van der Waals surface area contributed by atoms with E-state index in [0.29, 0.717) is 0 Å². The highest BCUT2D eigenvalue weighted by molar-refractivity contribution is 7.26. The molecular weight excluding hydrogens is 615 g/mol. The molecule has 0 spiro atoms. The summed E-state index contributed by atoms with van der Waals surface area (Å²) in [5, 5.41) is 13.7. The minimum absolute atomic E-state index is 0.401. The van der Waals surface area contributed by atoms with Crippen molar-refractivity contribution in [3.63, 3.8) is 0 Å². The standard InChI is InChI=1S/C45H29N3S/c1-2-10-28(11-3-1)30-13-8-14-32(26-30)43-46-44(48-45(47-43)40-18-9-17-39-38-16-6-7-19-41(38)49-42(39)40)33-22-23-35-31(27-33)21-25-36-34-15-5-4-12-29(34)20-24-37(35)36/h1-27,45H,(H,46,47,48). The van der Waals surface area contributed by atoms with Crippen LogP contribution in [0.3, 0.4) is 0 Å². The summed E-state index contributed by atoms with van der Waals surface area (Å²) in [4.78, 5) is 10.6. The van der Waals surface area contributed by atoms with Gasteiger partial charge in [0.25, 0.3) is 0 Å². The van der Waals surface area contributed by atoms with Crippen LogP contribution in [0.25, 0.3) is 63.6 Å². The molecule has 9 aromatic rings. The number of benzene rings is 8. The molecule has 0 saturated heterocycles. The molecule has 1 aromatic heterocycles. The second-order valence-corrected chi connectivity index (χ2v) is 13.7. The Kier molecular flexibility index (Phi) is 6.42. The van der Waals surface area contributed by atoms with Gasteiger partial charge in [-0.2, -0.15) is 0 Å². The van der Waals surface area contributed by atoms with Gasteiger partial charge >= 0.3 is 0 Å². The Bertz CT molecular complexity index is 2810. The lowest BCUT2D eigenvalue weighted by molar-refractivity contribution is 0.763. The molecule has 49 heavy (non-hydrogen) atoms. The van der Waals surface area contributed by atoms with E-state index in [2.05, 4.69) is 169 Å². The summed E-state index contributed by atoms with van der Waals surface area (Å²) < 4.78 is 2.51. The zero-order valence-corrected chi connectivity index (χ0v) is 27.3. The van der Waals surface area contributed by atoms with Gasteiger partial charge in [-0.05, 0) is 61.6 Å². The maximum absolute atomic E-state index is 5.33. The molecule has 0 fully saturated rings. The lowest BCUT2D eigenvalue weighted by Gasteiger charge is -2.23. The fourth-order valence-electron chi connectivity index (χ4n) is 7.31. The van der Waals surface area contributed by atoms with Crippen molar-refractivity contribution in [3.05, 3.63) is 180 Å². The van der Waals surface area contributed by atoms with Crippen LogP contribution in [0.15, 0.2) is 174 Å². The average molecular weight is 644 g/mol. The van der Waals surface area contributed by atoms with Crippen LogP contribution >= 0.6 is 11.3 Å². The topological polar surface area (TPSA) is 36.8 Å². The van der Waals surface area contributed by atoms with Crippen molar-refractivity contribution in [2.45, 2.75) is 6.17 Å². The van der Waals surface area contributed by atoms with Crippen LogP contribution in [0.4, 0.5) is 0 Å². The molecule has 2 heterocycles. The van der Waals surface area contributed by atoms with Crippen LogP contribution in [0.1, 0.15) is 22.9 Å². The molecule has 0 aliphatic carbocycles. The molecule has 1 aliphatic heterocycles. The first kappa shape index (κ1) is 28.0. The Morgan fingerprint density at radius 3 is 1.88 bits per heavy atom. The molecule has 1 aliphatic rings. The molecular formula is C45H29N3S. The molecule has 8 aromatic carbocycles. The van der Waals surface area contributed by atoms with Crippen molar-refractivity contribution < 1.29 is 0 Å². The molecule has 10 rings (SSSR count). The third-order valence-corrected chi connectivity index (χ3v) is 10.9. The summed E-state index contributed by atoms with van der Waals surface area (Å²) >= 11 is 1.82. The van der Waals surface area contributed by atoms with Gasteiger partial charge in [0.15, 0.2) is 6.17 Å². The Morgan fingerprint density at radius 1 is 0.408 bits per heavy atom. The second-order valence-electron chi connectivity index (χ2n) is 12.6. The Hall–Kier alpha value is -6.10. The Balaban J connectivity index is 1.13. The van der Waals surface area contributed by atoms with E-state index >= 15 is 0 Å². The van der Waals surface area contributed by atoms with E-state index in [9.17, 15) is 0 Å². The summed E-state index contributed by atoms with van der Waals surface area (Å²) in [6, 6.07) is 58.6. The number of rotatable bonds is 4. The fraction of sp³-hybridized carbons (Fsp3) is 0.0222. The molecule has 1 atom stereocenters. The van der Waals surface area contributed by atoms with Gasteiger partial charge in [-0.3, -0.25) is 0 Å². The number of hydrogen-bond acceptors (Lipinski definition) is 4. The van der Waals surface area contributed by atoms with E-state index in [-0.39, 0.29) is 0 Å². The monoisotopic (exact) mass is 643 g/mol. The summed E-state index contributed by atoms with van der Waals surface area (Å²) in [5.74, 6) is 1.63. The van der Waals surface area contributed by atoms with Crippen LogP contribution in [0, 0.1) is 0 Å². The molecule has 0 radical (unpaired) electrons. The lowest BCUT2D eigenvalue weighted by atomic mass is 9.96. The van der Waals surface area contributed by atoms with Crippen LogP contribution in [-0.4, -0.2) is 11.7 Å². The van der Waals surface area contributed by atoms with Gasteiger partial charge in [0.2, 0.25) is 0 Å². The highest BCUT2D eigenvalue weighted by Crippen LogP contribution is 2.40. The molecule has 230 valence electrons. The fourth-order valence-corrected chi connectivity index (χ4v) is 8.54. The quantitative estimate of drug-likeness (QED) is 0.190. The van der Waals surface area contributed by atoms with E-state index in [4.69, 9.17) is 9.98 Å². The summed E-state index contributed by atoms with van der Waals surface area (Å²) in [5.41, 5.74) is 5.51. The van der Waals surface area contributed by atoms with Gasteiger partial charge in [-0.1, -0.05) is 146 Å². The van der Waals surface area contributed by atoms with Gasteiger partial charge in [0.1, 0.15) is 11.7 Å². The van der Waals surface area contributed by atoms with Crippen LogP contribution in [-0.2, 0) is 0 Å². The number of nitrogens with zero attached hydrogens (tertiary/aromatic N) is 2. The molecule has 1 unspecified atom stereocenters. The van der Waals surface area contributed by atoms with Crippen LogP contribution in [0.5, 0.6) is 0 Å². The SMILES string of the molecule is c1ccc(-c2cccc(C3=NC(c4cccc5c4sc4ccccc45)N=C(c4ccc5c(ccc6c7ccccc7ccc56)c4)N3)c2)cc1. The first-order valence-electron chi connectivity index (χ1n) is 16.6. The van der Waals surface area contributed by atoms with E-state index in [1.807, 2.05) is 11.3 Å². The van der Waals surface area contributed by atoms with E-state index in [1.54, 1.807) is 0 Å². The number of amidine groups is 2. The van der Waals surface area contributed by atoms with Gasteiger partial charge < -0.3 is 5.32 Å². The zero-order valence-electron chi connectivity index (χ0n) is 26.5. The smallest absolute Gasteiger partial charge is 0.171 e. The second kappa shape index (κ2) is 11.3. The first-order valence-corrected chi connectivity index (χ1v) is 17.4. The van der Waals surface area contributed by atoms with Gasteiger partial charge in [-0.25, -0.2) is 9.98 Å². The Morgan fingerprint density at radius 2 is 1.02 bits per heavy atom. The van der Waals surface area contributed by atoms with Crippen molar-refractivity contribution in [3.8, 4) is 11.1 Å². The first-order chi connectivity index (χ1) is 24.3. The molecule has 0 saturated carbocycles. The molecule has 0 bridgehead atoms. The average Bonchev–Trinajstić information content (AvgIpc) is 3.57. The maximum atomic E-state index is 5.33. The van der Waals surface area contributed by atoms with Crippen LogP contribution < -0.4 is 5.32 Å². The predicted molar refractivity (Wildman–Crippen MR) is 209 cm³/mol. The summed E-state index contributed by atoms with van der Waals surface area (Å²) in [6.07, 6.45) is -0.401. The molecule has 1 N–H and O–H groups in total. The molecule has 3 nitrogen and oxygen atoms in total. The number of aliphatic imine (C=N–C) groups is 2. The minimum Gasteiger partial charge on any atom is -0.324 e. The van der Waals surface area contributed by atoms with E-state index in [1.165, 1.54) is 58.1 Å². The number of fused-ring (bicyclic) bond motifs is 8. The summed E-state index contributed by atoms with van der Waals surface area (Å²) in [6.45, 7) is 0. The molecule has 4 heteroatoms. The van der Waals surface area contributed by atoms with Crippen molar-refractivity contribution in [2.75, 3.05) is 0 Å². The van der Waals surface area contributed by atoms with Gasteiger partial charge in [-0.15, -0.1) is 11.3 Å². The highest BCUT2D eigenvalue weighted by atomic mass is 32.1. The largest absolute Gasteiger partial charge is 0.324 e. The Labute approximate surface area is 287 Å². The van der Waals surface area contributed by atoms with Crippen LogP contribution in [0.2, 0.25) is 0 Å².